The first-order chi connectivity index (χ1) is 16.6. The molecule has 0 aliphatic rings. The number of carbonyl (C=O) groups is 2. The second-order valence-corrected chi connectivity index (χ2v) is 9.62. The average molecular weight is 492 g/mol. The van der Waals surface area contributed by atoms with Crippen molar-refractivity contribution in [2.45, 2.75) is 45.9 Å². The Morgan fingerprint density at radius 2 is 1.91 bits per heavy atom. The topological polar surface area (TPSA) is 99.0 Å². The summed E-state index contributed by atoms with van der Waals surface area (Å²) in [5.41, 5.74) is 2.43. The second-order valence-electron chi connectivity index (χ2n) is 9.21. The highest BCUT2D eigenvalue weighted by molar-refractivity contribution is 6.31. The fourth-order valence-electron chi connectivity index (χ4n) is 3.53. The molecule has 4 aromatic rings. The van der Waals surface area contributed by atoms with Crippen LogP contribution in [-0.2, 0) is 16.1 Å². The van der Waals surface area contributed by atoms with Crippen LogP contribution in [0.25, 0.3) is 22.3 Å². The number of aromatic nitrogens is 4. The summed E-state index contributed by atoms with van der Waals surface area (Å²) in [4.78, 5) is 34.6. The van der Waals surface area contributed by atoms with Crippen molar-refractivity contribution in [2.75, 3.05) is 0 Å². The predicted molar refractivity (Wildman–Crippen MR) is 134 cm³/mol. The van der Waals surface area contributed by atoms with Crippen LogP contribution in [0, 0.1) is 0 Å². The van der Waals surface area contributed by atoms with Crippen molar-refractivity contribution in [3.63, 3.8) is 0 Å². The fourth-order valence-corrected chi connectivity index (χ4v) is 3.73. The van der Waals surface area contributed by atoms with Crippen LogP contribution in [0.15, 0.2) is 61.1 Å². The zero-order valence-corrected chi connectivity index (χ0v) is 20.7. The van der Waals surface area contributed by atoms with Crippen molar-refractivity contribution in [1.29, 1.82) is 0 Å². The first kappa shape index (κ1) is 24.3. The van der Waals surface area contributed by atoms with Crippen molar-refractivity contribution in [1.82, 2.24) is 25.1 Å². The van der Waals surface area contributed by atoms with Crippen molar-refractivity contribution >= 4 is 34.5 Å². The molecule has 1 N–H and O–H groups in total. The Kier molecular flexibility index (Phi) is 6.84. The number of halogens is 1. The number of fused-ring (bicyclic) bond motifs is 1. The number of carbonyl (C=O) groups excluding carboxylic acids is 2. The number of amides is 1. The molecule has 0 saturated heterocycles. The summed E-state index contributed by atoms with van der Waals surface area (Å²) in [6.45, 7) is 7.49. The van der Waals surface area contributed by atoms with Crippen LogP contribution in [0.3, 0.4) is 0 Å². The van der Waals surface area contributed by atoms with E-state index in [-0.39, 0.29) is 11.5 Å². The minimum atomic E-state index is -0.982. The summed E-state index contributed by atoms with van der Waals surface area (Å²) >= 11 is 6.35. The van der Waals surface area contributed by atoms with Crippen molar-refractivity contribution in [2.24, 2.45) is 0 Å². The quantitative estimate of drug-likeness (QED) is 0.394. The van der Waals surface area contributed by atoms with Gasteiger partial charge in [0.1, 0.15) is 0 Å². The first-order valence-corrected chi connectivity index (χ1v) is 11.5. The van der Waals surface area contributed by atoms with E-state index >= 15 is 0 Å². The Morgan fingerprint density at radius 3 is 2.60 bits per heavy atom. The minimum absolute atomic E-state index is 0.259. The van der Waals surface area contributed by atoms with Crippen LogP contribution < -0.4 is 5.32 Å². The number of hydrogen-bond donors (Lipinski definition) is 1. The monoisotopic (exact) mass is 491 g/mol. The number of nitrogens with one attached hydrogen (secondary N) is 1. The Morgan fingerprint density at radius 1 is 1.14 bits per heavy atom. The molecule has 0 saturated carbocycles. The summed E-state index contributed by atoms with van der Waals surface area (Å²) in [6.07, 6.45) is 3.92. The molecule has 3 heterocycles. The maximum Gasteiger partial charge on any atom is 0.339 e. The third-order valence-corrected chi connectivity index (χ3v) is 5.58. The molecule has 0 bridgehead atoms. The van der Waals surface area contributed by atoms with Gasteiger partial charge in [-0.3, -0.25) is 9.78 Å². The van der Waals surface area contributed by atoms with Gasteiger partial charge in [-0.1, -0.05) is 29.8 Å². The Bertz CT molecular complexity index is 1380. The molecule has 180 valence electrons. The molecular weight excluding hydrogens is 466 g/mol. The van der Waals surface area contributed by atoms with E-state index in [1.807, 2.05) is 51.1 Å². The molecule has 0 fully saturated rings. The summed E-state index contributed by atoms with van der Waals surface area (Å²) < 4.78 is 7.22. The Balaban J connectivity index is 1.74. The molecule has 1 amide bonds. The molecule has 0 aliphatic heterocycles. The molecule has 1 atom stereocenters. The number of benzene rings is 1. The average Bonchev–Trinajstić information content (AvgIpc) is 3.22. The molecule has 35 heavy (non-hydrogen) atoms. The molecule has 0 radical (unpaired) electrons. The molecule has 3 aromatic heterocycles. The Hall–Kier alpha value is -3.78. The molecular formula is C26H26ClN5O3. The van der Waals surface area contributed by atoms with E-state index in [4.69, 9.17) is 21.3 Å². The second kappa shape index (κ2) is 9.84. The third kappa shape index (κ3) is 5.66. The summed E-state index contributed by atoms with van der Waals surface area (Å²) in [5.74, 6) is -1.02. The SMILES string of the molecule is C[C@@H](OC(=O)c1cc(-c2cccnc2)nc2c1cnn2Cc1ccccc1Cl)C(=O)NC(C)(C)C. The van der Waals surface area contributed by atoms with Gasteiger partial charge in [-0.25, -0.2) is 14.5 Å². The highest BCUT2D eigenvalue weighted by Crippen LogP contribution is 2.27. The molecule has 0 aliphatic carbocycles. The van der Waals surface area contributed by atoms with E-state index in [1.54, 1.807) is 42.3 Å². The van der Waals surface area contributed by atoms with E-state index in [0.717, 1.165) is 11.1 Å². The number of nitrogens with zero attached hydrogens (tertiary/aromatic N) is 4. The maximum absolute atomic E-state index is 13.2. The van der Waals surface area contributed by atoms with Gasteiger partial charge in [0.25, 0.3) is 5.91 Å². The molecule has 9 heteroatoms. The van der Waals surface area contributed by atoms with E-state index in [2.05, 4.69) is 15.4 Å². The summed E-state index contributed by atoms with van der Waals surface area (Å²) in [5, 5.41) is 8.41. The smallest absolute Gasteiger partial charge is 0.339 e. The normalized spacial score (nSPS) is 12.4. The molecule has 0 unspecified atom stereocenters. The highest BCUT2D eigenvalue weighted by Gasteiger charge is 2.25. The van der Waals surface area contributed by atoms with Crippen LogP contribution in [0.1, 0.15) is 43.6 Å². The lowest BCUT2D eigenvalue weighted by molar-refractivity contribution is -0.130. The van der Waals surface area contributed by atoms with Crippen molar-refractivity contribution in [3.05, 3.63) is 77.2 Å². The van der Waals surface area contributed by atoms with Gasteiger partial charge in [-0.05, 0) is 57.5 Å². The fraction of sp³-hybridized carbons (Fsp3) is 0.269. The summed E-state index contributed by atoms with van der Waals surface area (Å²) in [7, 11) is 0. The van der Waals surface area contributed by atoms with Crippen LogP contribution in [0.2, 0.25) is 5.02 Å². The third-order valence-electron chi connectivity index (χ3n) is 5.22. The van der Waals surface area contributed by atoms with Gasteiger partial charge < -0.3 is 10.1 Å². The van der Waals surface area contributed by atoms with Gasteiger partial charge in [0.15, 0.2) is 11.8 Å². The zero-order valence-electron chi connectivity index (χ0n) is 19.9. The highest BCUT2D eigenvalue weighted by atomic mass is 35.5. The standard InChI is InChI=1S/C26H26ClN5O3/c1-16(24(33)31-26(2,3)4)35-25(34)19-12-22(17-9-7-11-28-13-17)30-23-20(19)14-29-32(23)15-18-8-5-6-10-21(18)27/h5-14,16H,15H2,1-4H3,(H,31,33)/t16-/m1/s1. The molecule has 8 nitrogen and oxygen atoms in total. The van der Waals surface area contributed by atoms with E-state index in [1.165, 1.54) is 0 Å². The van der Waals surface area contributed by atoms with E-state index in [0.29, 0.717) is 28.3 Å². The minimum Gasteiger partial charge on any atom is -0.449 e. The molecule has 4 rings (SSSR count). The van der Waals surface area contributed by atoms with Crippen LogP contribution in [0.4, 0.5) is 0 Å². The van der Waals surface area contributed by atoms with Gasteiger partial charge in [0.2, 0.25) is 0 Å². The van der Waals surface area contributed by atoms with Gasteiger partial charge in [-0.15, -0.1) is 0 Å². The lowest BCUT2D eigenvalue weighted by Gasteiger charge is -2.23. The lowest BCUT2D eigenvalue weighted by atomic mass is 10.1. The number of ether oxygens (including phenoxy) is 1. The lowest BCUT2D eigenvalue weighted by Crippen LogP contribution is -2.46. The predicted octanol–water partition coefficient (Wildman–Crippen LogP) is 4.66. The van der Waals surface area contributed by atoms with Crippen LogP contribution >= 0.6 is 11.6 Å². The molecule has 0 spiro atoms. The number of hydrogen-bond acceptors (Lipinski definition) is 6. The van der Waals surface area contributed by atoms with E-state index in [9.17, 15) is 9.59 Å². The number of rotatable bonds is 6. The van der Waals surface area contributed by atoms with Gasteiger partial charge in [0.05, 0.1) is 29.4 Å². The summed E-state index contributed by atoms with van der Waals surface area (Å²) in [6, 6.07) is 12.8. The van der Waals surface area contributed by atoms with Gasteiger partial charge >= 0.3 is 5.97 Å². The largest absolute Gasteiger partial charge is 0.449 e. The maximum atomic E-state index is 13.2. The Labute approximate surface area is 208 Å². The van der Waals surface area contributed by atoms with Gasteiger partial charge in [0, 0.05) is 28.5 Å². The van der Waals surface area contributed by atoms with Crippen molar-refractivity contribution < 1.29 is 14.3 Å². The van der Waals surface area contributed by atoms with Crippen LogP contribution in [-0.4, -0.2) is 43.3 Å². The van der Waals surface area contributed by atoms with E-state index < -0.39 is 17.6 Å². The zero-order chi connectivity index (χ0) is 25.2. The van der Waals surface area contributed by atoms with Crippen molar-refractivity contribution in [3.8, 4) is 11.3 Å². The first-order valence-electron chi connectivity index (χ1n) is 11.2. The molecule has 1 aromatic carbocycles. The number of pyridine rings is 2. The van der Waals surface area contributed by atoms with Crippen LogP contribution in [0.5, 0.6) is 0 Å². The number of esters is 1. The van der Waals surface area contributed by atoms with Gasteiger partial charge in [-0.2, -0.15) is 5.10 Å².